The van der Waals surface area contributed by atoms with Gasteiger partial charge in [0.05, 0.1) is 38.7 Å². The zero-order valence-electron chi connectivity index (χ0n) is 14.1. The van der Waals surface area contributed by atoms with E-state index < -0.39 is 0 Å². The second-order valence-electron chi connectivity index (χ2n) is 5.83. The second kappa shape index (κ2) is 8.86. The van der Waals surface area contributed by atoms with Gasteiger partial charge >= 0.3 is 0 Å². The molecule has 1 heterocycles. The zero-order chi connectivity index (χ0) is 16.7. The van der Waals surface area contributed by atoms with E-state index in [1.165, 1.54) is 0 Å². The number of anilines is 1. The predicted octanol–water partition coefficient (Wildman–Crippen LogP) is 1.68. The molecule has 1 aliphatic rings. The van der Waals surface area contributed by atoms with Crippen molar-refractivity contribution in [3.05, 3.63) is 23.8 Å². The lowest BCUT2D eigenvalue weighted by Gasteiger charge is -2.27. The standard InChI is InChI=1S/C17H26N2O4/c1-13-4-5-16(21-3)15(10-13)18-17(20)6-7-19(2)11-14-12-22-8-9-23-14/h4-5,10,14H,6-9,11-12H2,1-3H3,(H,18,20)/t14-/m0/s1. The molecule has 0 aromatic heterocycles. The zero-order valence-corrected chi connectivity index (χ0v) is 14.1. The number of hydrogen-bond donors (Lipinski definition) is 1. The van der Waals surface area contributed by atoms with Crippen LogP contribution >= 0.6 is 0 Å². The van der Waals surface area contributed by atoms with Crippen LogP contribution in [0.5, 0.6) is 5.75 Å². The first-order chi connectivity index (χ1) is 11.1. The Morgan fingerprint density at radius 1 is 1.43 bits per heavy atom. The lowest BCUT2D eigenvalue weighted by atomic mass is 10.2. The summed E-state index contributed by atoms with van der Waals surface area (Å²) in [5.41, 5.74) is 1.79. The van der Waals surface area contributed by atoms with Crippen molar-refractivity contribution >= 4 is 11.6 Å². The highest BCUT2D eigenvalue weighted by Gasteiger charge is 2.17. The van der Waals surface area contributed by atoms with Gasteiger partial charge in [0, 0.05) is 19.5 Å². The Bertz CT molecular complexity index is 515. The van der Waals surface area contributed by atoms with Gasteiger partial charge in [-0.3, -0.25) is 4.79 Å². The average Bonchev–Trinajstić information content (AvgIpc) is 2.54. The van der Waals surface area contributed by atoms with Gasteiger partial charge < -0.3 is 24.4 Å². The number of carbonyl (C=O) groups excluding carboxylic acids is 1. The molecule has 1 atom stereocenters. The first-order valence-corrected chi connectivity index (χ1v) is 7.91. The van der Waals surface area contributed by atoms with Crippen molar-refractivity contribution in [3.8, 4) is 5.75 Å². The van der Waals surface area contributed by atoms with Gasteiger partial charge in [-0.25, -0.2) is 0 Å². The van der Waals surface area contributed by atoms with Crippen LogP contribution in [0.1, 0.15) is 12.0 Å². The Labute approximate surface area is 137 Å². The predicted molar refractivity (Wildman–Crippen MR) is 89.0 cm³/mol. The number of hydrogen-bond acceptors (Lipinski definition) is 5. The molecule has 2 rings (SSSR count). The van der Waals surface area contributed by atoms with Crippen LogP contribution in [-0.4, -0.2) is 64.0 Å². The lowest BCUT2D eigenvalue weighted by molar-refractivity contribution is -0.117. The molecule has 6 nitrogen and oxygen atoms in total. The number of methoxy groups -OCH3 is 1. The minimum Gasteiger partial charge on any atom is -0.495 e. The molecular formula is C17H26N2O4. The summed E-state index contributed by atoms with van der Waals surface area (Å²) >= 11 is 0. The Kier molecular flexibility index (Phi) is 6.83. The molecule has 0 unspecified atom stereocenters. The van der Waals surface area contributed by atoms with E-state index in [0.717, 1.165) is 12.1 Å². The van der Waals surface area contributed by atoms with E-state index in [2.05, 4.69) is 10.2 Å². The molecule has 1 aromatic rings. The molecule has 1 aromatic carbocycles. The summed E-state index contributed by atoms with van der Waals surface area (Å²) in [7, 11) is 3.58. The number of amides is 1. The van der Waals surface area contributed by atoms with Gasteiger partial charge in [0.1, 0.15) is 5.75 Å². The molecule has 1 amide bonds. The Morgan fingerprint density at radius 3 is 2.96 bits per heavy atom. The summed E-state index contributed by atoms with van der Waals surface area (Å²) < 4.78 is 16.3. The lowest BCUT2D eigenvalue weighted by Crippen LogP contribution is -2.39. The van der Waals surface area contributed by atoms with Gasteiger partial charge in [-0.1, -0.05) is 6.07 Å². The van der Waals surface area contributed by atoms with E-state index >= 15 is 0 Å². The molecule has 0 bridgehead atoms. The summed E-state index contributed by atoms with van der Waals surface area (Å²) in [5.74, 6) is 0.645. The number of rotatable bonds is 7. The highest BCUT2D eigenvalue weighted by molar-refractivity contribution is 5.92. The summed E-state index contributed by atoms with van der Waals surface area (Å²) in [6.45, 7) is 5.35. The van der Waals surface area contributed by atoms with Crippen molar-refractivity contribution in [2.24, 2.45) is 0 Å². The Morgan fingerprint density at radius 2 is 2.26 bits per heavy atom. The SMILES string of the molecule is COc1ccc(C)cc1NC(=O)CCN(C)C[C@H]1COCCO1. The van der Waals surface area contributed by atoms with E-state index in [4.69, 9.17) is 14.2 Å². The van der Waals surface area contributed by atoms with Crippen molar-refractivity contribution in [1.82, 2.24) is 4.90 Å². The number of nitrogens with zero attached hydrogens (tertiary/aromatic N) is 1. The molecule has 0 aliphatic carbocycles. The first-order valence-electron chi connectivity index (χ1n) is 7.91. The Balaban J connectivity index is 1.77. The maximum absolute atomic E-state index is 12.1. The number of ether oxygens (including phenoxy) is 3. The van der Waals surface area contributed by atoms with Gasteiger partial charge in [-0.15, -0.1) is 0 Å². The molecule has 6 heteroatoms. The van der Waals surface area contributed by atoms with Crippen LogP contribution in [0.15, 0.2) is 18.2 Å². The minimum atomic E-state index is -0.0263. The van der Waals surface area contributed by atoms with Crippen molar-refractivity contribution in [2.75, 3.05) is 52.4 Å². The number of nitrogens with one attached hydrogen (secondary N) is 1. The van der Waals surface area contributed by atoms with Gasteiger partial charge in [0.15, 0.2) is 0 Å². The van der Waals surface area contributed by atoms with E-state index in [1.807, 2.05) is 32.2 Å². The van der Waals surface area contributed by atoms with Crippen LogP contribution < -0.4 is 10.1 Å². The second-order valence-corrected chi connectivity index (χ2v) is 5.83. The fourth-order valence-electron chi connectivity index (χ4n) is 2.51. The number of likely N-dealkylation sites (N-methyl/N-ethyl adjacent to an activating group) is 1. The molecular weight excluding hydrogens is 296 g/mol. The maximum Gasteiger partial charge on any atom is 0.225 e. The minimum absolute atomic E-state index is 0.0263. The highest BCUT2D eigenvalue weighted by atomic mass is 16.6. The third-order valence-electron chi connectivity index (χ3n) is 3.75. The smallest absolute Gasteiger partial charge is 0.225 e. The fourth-order valence-corrected chi connectivity index (χ4v) is 2.51. The fraction of sp³-hybridized carbons (Fsp3) is 0.588. The molecule has 1 fully saturated rings. The van der Waals surface area contributed by atoms with E-state index in [0.29, 0.717) is 44.2 Å². The highest BCUT2D eigenvalue weighted by Crippen LogP contribution is 2.25. The molecule has 1 saturated heterocycles. The normalized spacial score (nSPS) is 18.0. The van der Waals surface area contributed by atoms with Gasteiger partial charge in [0.25, 0.3) is 0 Å². The molecule has 128 valence electrons. The van der Waals surface area contributed by atoms with Crippen molar-refractivity contribution < 1.29 is 19.0 Å². The monoisotopic (exact) mass is 322 g/mol. The average molecular weight is 322 g/mol. The third-order valence-corrected chi connectivity index (χ3v) is 3.75. The quantitative estimate of drug-likeness (QED) is 0.828. The van der Waals surface area contributed by atoms with Crippen LogP contribution in [0.3, 0.4) is 0 Å². The van der Waals surface area contributed by atoms with Crippen LogP contribution in [0.2, 0.25) is 0 Å². The molecule has 23 heavy (non-hydrogen) atoms. The van der Waals surface area contributed by atoms with E-state index in [9.17, 15) is 4.79 Å². The van der Waals surface area contributed by atoms with Crippen LogP contribution in [0, 0.1) is 6.92 Å². The number of benzene rings is 1. The number of carbonyl (C=O) groups is 1. The molecule has 1 aliphatic heterocycles. The van der Waals surface area contributed by atoms with Gasteiger partial charge in [0.2, 0.25) is 5.91 Å². The van der Waals surface area contributed by atoms with Crippen molar-refractivity contribution in [1.29, 1.82) is 0 Å². The summed E-state index contributed by atoms with van der Waals surface area (Å²) in [6, 6.07) is 5.72. The van der Waals surface area contributed by atoms with Crippen molar-refractivity contribution in [3.63, 3.8) is 0 Å². The Hall–Kier alpha value is -1.63. The maximum atomic E-state index is 12.1. The van der Waals surface area contributed by atoms with Crippen LogP contribution in [0.25, 0.3) is 0 Å². The molecule has 0 saturated carbocycles. The first kappa shape index (κ1) is 17.7. The van der Waals surface area contributed by atoms with Gasteiger partial charge in [-0.2, -0.15) is 0 Å². The molecule has 0 radical (unpaired) electrons. The van der Waals surface area contributed by atoms with Crippen LogP contribution in [0.4, 0.5) is 5.69 Å². The van der Waals surface area contributed by atoms with E-state index in [1.54, 1.807) is 7.11 Å². The summed E-state index contributed by atoms with van der Waals surface area (Å²) in [6.07, 6.45) is 0.509. The molecule has 0 spiro atoms. The molecule has 1 N–H and O–H groups in total. The summed E-state index contributed by atoms with van der Waals surface area (Å²) in [5, 5.41) is 2.91. The number of aryl methyl sites for hydroxylation is 1. The van der Waals surface area contributed by atoms with E-state index in [-0.39, 0.29) is 12.0 Å². The summed E-state index contributed by atoms with van der Waals surface area (Å²) in [4.78, 5) is 14.2. The topological polar surface area (TPSA) is 60.0 Å². The van der Waals surface area contributed by atoms with Gasteiger partial charge in [-0.05, 0) is 31.7 Å². The van der Waals surface area contributed by atoms with Crippen molar-refractivity contribution in [2.45, 2.75) is 19.4 Å². The third kappa shape index (κ3) is 5.82. The largest absolute Gasteiger partial charge is 0.495 e. The van der Waals surface area contributed by atoms with Crippen LogP contribution in [-0.2, 0) is 14.3 Å².